The lowest BCUT2D eigenvalue weighted by atomic mass is 9.93. The first-order valence-corrected chi connectivity index (χ1v) is 11.4. The molecule has 0 fully saturated rings. The largest absolute Gasteiger partial charge is 0.507 e. The normalized spacial score (nSPS) is 11.0. The Bertz CT molecular complexity index is 1660. The van der Waals surface area contributed by atoms with E-state index in [2.05, 4.69) is 9.97 Å². The van der Waals surface area contributed by atoms with Crippen molar-refractivity contribution in [2.45, 2.75) is 12.8 Å². The van der Waals surface area contributed by atoms with Crippen molar-refractivity contribution in [3.8, 4) is 28.1 Å². The highest BCUT2D eigenvalue weighted by Crippen LogP contribution is 2.43. The molecule has 0 saturated carbocycles. The fraction of sp³-hybridized carbons (Fsp3) is 0.0714. The Hall–Kier alpha value is -5.18. The molecule has 2 aromatic heterocycles. The van der Waals surface area contributed by atoms with Gasteiger partial charge in [0, 0.05) is 35.2 Å². The van der Waals surface area contributed by atoms with Crippen LogP contribution >= 0.6 is 0 Å². The number of nitrogens with two attached hydrogens (primary N) is 1. The van der Waals surface area contributed by atoms with E-state index in [0.717, 1.165) is 11.1 Å². The van der Waals surface area contributed by atoms with Gasteiger partial charge in [-0.3, -0.25) is 14.9 Å². The first-order chi connectivity index (χ1) is 17.8. The summed E-state index contributed by atoms with van der Waals surface area (Å²) in [5.74, 6) is -0.839. The van der Waals surface area contributed by atoms with Crippen LogP contribution in [0.4, 0.5) is 11.5 Å². The zero-order valence-corrected chi connectivity index (χ0v) is 19.5. The second-order valence-electron chi connectivity index (χ2n) is 8.69. The number of hydrogen-bond acceptors (Lipinski definition) is 6. The number of aromatic hydroxyl groups is 1. The SMILES string of the molecule is Nc1ccc2[nH]c(-c3cc(CC(=O)O)cc(-c4cccc([N+](=O)[O-])c4)c3O)c(Cc3ccccc3)c2n1. The van der Waals surface area contributed by atoms with Crippen molar-refractivity contribution in [2.24, 2.45) is 0 Å². The Balaban J connectivity index is 1.77. The number of nitro benzene ring substituents is 1. The standard InChI is InChI=1S/C28H22N4O5/c29-24-10-9-23-27(31-24)21(11-16-5-2-1-3-6-16)26(30-23)22-13-17(14-25(33)34)12-20(28(22)35)18-7-4-8-19(15-18)32(36)37/h1-10,12-13,15,30,35H,11,14H2,(H2,29,31)(H,33,34). The Labute approximate surface area is 211 Å². The van der Waals surface area contributed by atoms with Crippen molar-refractivity contribution in [3.05, 3.63) is 106 Å². The number of aromatic nitrogens is 2. The van der Waals surface area contributed by atoms with E-state index in [9.17, 15) is 25.1 Å². The molecule has 0 aliphatic carbocycles. The molecule has 2 heterocycles. The van der Waals surface area contributed by atoms with Crippen LogP contribution in [0.5, 0.6) is 5.75 Å². The topological polar surface area (TPSA) is 155 Å². The molecule has 0 unspecified atom stereocenters. The van der Waals surface area contributed by atoms with E-state index in [4.69, 9.17) is 5.73 Å². The van der Waals surface area contributed by atoms with Crippen LogP contribution in [-0.4, -0.2) is 31.1 Å². The lowest BCUT2D eigenvalue weighted by Crippen LogP contribution is -2.01. The van der Waals surface area contributed by atoms with Gasteiger partial charge in [-0.15, -0.1) is 0 Å². The van der Waals surface area contributed by atoms with Gasteiger partial charge in [0.05, 0.1) is 28.1 Å². The van der Waals surface area contributed by atoms with Crippen LogP contribution in [0.25, 0.3) is 33.4 Å². The van der Waals surface area contributed by atoms with Crippen molar-refractivity contribution >= 4 is 28.5 Å². The summed E-state index contributed by atoms with van der Waals surface area (Å²) >= 11 is 0. The summed E-state index contributed by atoms with van der Waals surface area (Å²) in [6.45, 7) is 0. The molecule has 9 nitrogen and oxygen atoms in total. The van der Waals surface area contributed by atoms with Crippen LogP contribution in [0.3, 0.4) is 0 Å². The first-order valence-electron chi connectivity index (χ1n) is 11.4. The van der Waals surface area contributed by atoms with Gasteiger partial charge in [-0.25, -0.2) is 4.98 Å². The molecule has 0 aliphatic heterocycles. The van der Waals surface area contributed by atoms with Crippen molar-refractivity contribution < 1.29 is 19.9 Å². The fourth-order valence-corrected chi connectivity index (χ4v) is 4.50. The summed E-state index contributed by atoms with van der Waals surface area (Å²) in [4.78, 5) is 30.3. The van der Waals surface area contributed by atoms with Crippen LogP contribution in [0, 0.1) is 10.1 Å². The number of hydrogen-bond donors (Lipinski definition) is 4. The minimum atomic E-state index is -1.04. The van der Waals surface area contributed by atoms with Gasteiger partial charge < -0.3 is 20.9 Å². The first kappa shape index (κ1) is 23.6. The minimum absolute atomic E-state index is 0.136. The highest BCUT2D eigenvalue weighted by atomic mass is 16.6. The molecule has 5 aromatic rings. The number of aromatic amines is 1. The number of non-ortho nitro benzene ring substituents is 1. The second-order valence-corrected chi connectivity index (χ2v) is 8.69. The van der Waals surface area contributed by atoms with Gasteiger partial charge in [0.1, 0.15) is 11.6 Å². The van der Waals surface area contributed by atoms with Crippen LogP contribution in [0.2, 0.25) is 0 Å². The molecule has 0 saturated heterocycles. The molecule has 0 aliphatic rings. The van der Waals surface area contributed by atoms with Gasteiger partial charge in [0.15, 0.2) is 0 Å². The Morgan fingerprint density at radius 2 is 1.73 bits per heavy atom. The number of benzene rings is 3. The smallest absolute Gasteiger partial charge is 0.307 e. The molecule has 37 heavy (non-hydrogen) atoms. The maximum absolute atomic E-state index is 11.6. The van der Waals surface area contributed by atoms with Crippen LogP contribution in [-0.2, 0) is 17.6 Å². The minimum Gasteiger partial charge on any atom is -0.507 e. The van der Waals surface area contributed by atoms with Gasteiger partial charge in [-0.05, 0) is 41.0 Å². The third kappa shape index (κ3) is 4.70. The number of carboxylic acids is 1. The summed E-state index contributed by atoms with van der Waals surface area (Å²) in [7, 11) is 0. The van der Waals surface area contributed by atoms with Gasteiger partial charge >= 0.3 is 5.97 Å². The van der Waals surface area contributed by atoms with Crippen molar-refractivity contribution in [1.82, 2.24) is 9.97 Å². The summed E-state index contributed by atoms with van der Waals surface area (Å²) in [5, 5.41) is 32.3. The number of nitrogens with one attached hydrogen (secondary N) is 1. The number of fused-ring (bicyclic) bond motifs is 1. The molecule has 184 valence electrons. The third-order valence-corrected chi connectivity index (χ3v) is 6.15. The summed E-state index contributed by atoms with van der Waals surface area (Å²) in [5.41, 5.74) is 11.0. The molecule has 0 spiro atoms. The van der Waals surface area contributed by atoms with E-state index in [-0.39, 0.29) is 23.4 Å². The molecule has 3 aromatic carbocycles. The highest BCUT2D eigenvalue weighted by molar-refractivity contribution is 5.93. The molecule has 0 bridgehead atoms. The number of aliphatic carboxylic acids is 1. The van der Waals surface area contributed by atoms with Crippen molar-refractivity contribution in [1.29, 1.82) is 0 Å². The number of phenolic OH excluding ortho intramolecular Hbond substituents is 1. The summed E-state index contributed by atoms with van der Waals surface area (Å²) in [6, 6.07) is 22.2. The lowest BCUT2D eigenvalue weighted by molar-refractivity contribution is -0.384. The number of nitro groups is 1. The third-order valence-electron chi connectivity index (χ3n) is 6.15. The van der Waals surface area contributed by atoms with E-state index in [0.29, 0.717) is 45.7 Å². The number of nitrogens with zero attached hydrogens (tertiary/aromatic N) is 2. The van der Waals surface area contributed by atoms with Crippen molar-refractivity contribution in [3.63, 3.8) is 0 Å². The van der Waals surface area contributed by atoms with Gasteiger partial charge in [0.2, 0.25) is 0 Å². The number of phenols is 1. The predicted molar refractivity (Wildman–Crippen MR) is 140 cm³/mol. The second kappa shape index (κ2) is 9.46. The molecule has 0 radical (unpaired) electrons. The monoisotopic (exact) mass is 494 g/mol. The maximum Gasteiger partial charge on any atom is 0.307 e. The van der Waals surface area contributed by atoms with Gasteiger partial charge in [0.25, 0.3) is 5.69 Å². The molecular weight excluding hydrogens is 472 g/mol. The van der Waals surface area contributed by atoms with Crippen LogP contribution < -0.4 is 5.73 Å². The van der Waals surface area contributed by atoms with Gasteiger partial charge in [-0.1, -0.05) is 42.5 Å². The molecule has 5 rings (SSSR count). The quantitative estimate of drug-likeness (QED) is 0.176. The van der Waals surface area contributed by atoms with E-state index >= 15 is 0 Å². The zero-order chi connectivity index (χ0) is 26.1. The Morgan fingerprint density at radius 3 is 2.46 bits per heavy atom. The number of carbonyl (C=O) groups is 1. The van der Waals surface area contributed by atoms with E-state index in [1.54, 1.807) is 30.3 Å². The highest BCUT2D eigenvalue weighted by Gasteiger charge is 2.22. The molecule has 0 amide bonds. The van der Waals surface area contributed by atoms with E-state index in [1.807, 2.05) is 30.3 Å². The molecule has 0 atom stereocenters. The lowest BCUT2D eigenvalue weighted by Gasteiger charge is -2.14. The number of H-pyrrole nitrogens is 1. The van der Waals surface area contributed by atoms with Crippen LogP contribution in [0.1, 0.15) is 16.7 Å². The van der Waals surface area contributed by atoms with Gasteiger partial charge in [-0.2, -0.15) is 0 Å². The summed E-state index contributed by atoms with van der Waals surface area (Å²) < 4.78 is 0. The maximum atomic E-state index is 11.6. The average molecular weight is 495 g/mol. The Morgan fingerprint density at radius 1 is 0.973 bits per heavy atom. The fourth-order valence-electron chi connectivity index (χ4n) is 4.50. The number of rotatable bonds is 7. The average Bonchev–Trinajstić information content (AvgIpc) is 3.22. The number of anilines is 1. The molecule has 9 heteroatoms. The predicted octanol–water partition coefficient (Wildman–Crippen LogP) is 5.31. The summed E-state index contributed by atoms with van der Waals surface area (Å²) in [6.07, 6.45) is 0.177. The van der Waals surface area contributed by atoms with E-state index < -0.39 is 10.9 Å². The number of carboxylic acid groups (broad SMARTS) is 1. The molecular formula is C28H22N4O5. The van der Waals surface area contributed by atoms with Crippen molar-refractivity contribution in [2.75, 3.05) is 5.73 Å². The van der Waals surface area contributed by atoms with Crippen LogP contribution in [0.15, 0.2) is 78.9 Å². The number of pyridine rings is 1. The number of nitrogen functional groups attached to an aromatic ring is 1. The van der Waals surface area contributed by atoms with E-state index in [1.165, 1.54) is 18.2 Å². The zero-order valence-electron chi connectivity index (χ0n) is 19.5. The molecule has 5 N–H and O–H groups in total. The Kier molecular flexibility index (Phi) is 6.02.